The molecule has 1 unspecified atom stereocenters. The van der Waals surface area contributed by atoms with Gasteiger partial charge in [-0.15, -0.1) is 0 Å². The fraction of sp³-hybridized carbons (Fsp3) is 0.500. The number of halogens is 1. The fourth-order valence-electron chi connectivity index (χ4n) is 2.68. The van der Waals surface area contributed by atoms with Gasteiger partial charge in [0, 0.05) is 18.1 Å². The summed E-state index contributed by atoms with van der Waals surface area (Å²) in [6, 6.07) is 7.44. The van der Waals surface area contributed by atoms with Gasteiger partial charge in [-0.3, -0.25) is 4.79 Å². The lowest BCUT2D eigenvalue weighted by Gasteiger charge is -2.26. The summed E-state index contributed by atoms with van der Waals surface area (Å²) in [7, 11) is 0. The number of likely N-dealkylation sites (tertiary alicyclic amines) is 1. The van der Waals surface area contributed by atoms with Crippen LogP contribution >= 0.6 is 11.6 Å². The summed E-state index contributed by atoms with van der Waals surface area (Å²) in [5, 5.41) is 3.46. The van der Waals surface area contributed by atoms with E-state index < -0.39 is 0 Å². The number of ether oxygens (including phenoxy) is 1. The average molecular weight is 325 g/mol. The Bertz CT molecular complexity index is 536. The largest absolute Gasteiger partial charge is 0.466 e. The van der Waals surface area contributed by atoms with Crippen molar-refractivity contribution < 1.29 is 14.3 Å². The van der Waals surface area contributed by atoms with E-state index in [1.54, 1.807) is 11.8 Å². The zero-order valence-corrected chi connectivity index (χ0v) is 13.4. The van der Waals surface area contributed by atoms with Crippen LogP contribution in [0.4, 0.5) is 4.79 Å². The van der Waals surface area contributed by atoms with E-state index in [1.165, 1.54) is 0 Å². The maximum absolute atomic E-state index is 12.3. The molecule has 1 saturated heterocycles. The first-order valence-corrected chi connectivity index (χ1v) is 7.95. The predicted molar refractivity (Wildman–Crippen MR) is 84.8 cm³/mol. The minimum Gasteiger partial charge on any atom is -0.466 e. The van der Waals surface area contributed by atoms with Crippen LogP contribution in [0.15, 0.2) is 24.3 Å². The molecule has 2 rings (SSSR count). The van der Waals surface area contributed by atoms with Crippen molar-refractivity contribution in [2.75, 3.05) is 19.7 Å². The molecule has 1 heterocycles. The van der Waals surface area contributed by atoms with Gasteiger partial charge in [-0.05, 0) is 31.4 Å². The maximum Gasteiger partial charge on any atom is 0.317 e. The smallest absolute Gasteiger partial charge is 0.317 e. The number of rotatable bonds is 5. The number of urea groups is 1. The highest BCUT2D eigenvalue weighted by molar-refractivity contribution is 6.31. The highest BCUT2D eigenvalue weighted by atomic mass is 35.5. The number of carbonyl (C=O) groups excluding carboxylic acids is 2. The van der Waals surface area contributed by atoms with Crippen molar-refractivity contribution in [3.05, 3.63) is 34.9 Å². The van der Waals surface area contributed by atoms with Crippen molar-refractivity contribution in [2.45, 2.75) is 32.2 Å². The van der Waals surface area contributed by atoms with Crippen molar-refractivity contribution in [1.29, 1.82) is 0 Å². The number of nitrogens with one attached hydrogen (secondary N) is 1. The van der Waals surface area contributed by atoms with Gasteiger partial charge in [-0.2, -0.15) is 0 Å². The van der Waals surface area contributed by atoms with Gasteiger partial charge in [-0.25, -0.2) is 4.79 Å². The second-order valence-corrected chi connectivity index (χ2v) is 5.57. The molecular formula is C16H21ClN2O3. The number of hydrogen-bond donors (Lipinski definition) is 1. The third-order valence-electron chi connectivity index (χ3n) is 3.69. The van der Waals surface area contributed by atoms with E-state index in [2.05, 4.69) is 5.32 Å². The summed E-state index contributed by atoms with van der Waals surface area (Å²) >= 11 is 6.24. The third-order valence-corrected chi connectivity index (χ3v) is 4.03. The molecule has 2 amide bonds. The van der Waals surface area contributed by atoms with Crippen LogP contribution in [0.25, 0.3) is 0 Å². The number of amides is 2. The Morgan fingerprint density at radius 3 is 2.91 bits per heavy atom. The Morgan fingerprint density at radius 2 is 2.18 bits per heavy atom. The topological polar surface area (TPSA) is 58.6 Å². The predicted octanol–water partition coefficient (Wildman–Crippen LogP) is 3.14. The normalized spacial score (nSPS) is 17.4. The van der Waals surface area contributed by atoms with Crippen molar-refractivity contribution in [1.82, 2.24) is 10.2 Å². The molecule has 1 atom stereocenters. The molecule has 1 fully saturated rings. The lowest BCUT2D eigenvalue weighted by Crippen LogP contribution is -2.40. The summed E-state index contributed by atoms with van der Waals surface area (Å²) < 4.78 is 4.83. The zero-order valence-electron chi connectivity index (χ0n) is 12.7. The Kier molecular flexibility index (Phi) is 6.07. The van der Waals surface area contributed by atoms with Gasteiger partial charge < -0.3 is 15.0 Å². The number of benzene rings is 1. The molecule has 1 N–H and O–H groups in total. The Labute approximate surface area is 135 Å². The average Bonchev–Trinajstić information content (AvgIpc) is 2.97. The summed E-state index contributed by atoms with van der Waals surface area (Å²) in [6.45, 7) is 3.09. The second-order valence-electron chi connectivity index (χ2n) is 5.16. The molecule has 0 radical (unpaired) electrons. The number of esters is 1. The van der Waals surface area contributed by atoms with E-state index in [0.717, 1.165) is 18.4 Å². The first-order chi connectivity index (χ1) is 10.6. The van der Waals surface area contributed by atoms with Crippen LogP contribution in [0.5, 0.6) is 0 Å². The molecule has 0 spiro atoms. The maximum atomic E-state index is 12.3. The Morgan fingerprint density at radius 1 is 1.41 bits per heavy atom. The first-order valence-electron chi connectivity index (χ1n) is 7.58. The van der Waals surface area contributed by atoms with E-state index in [9.17, 15) is 9.59 Å². The molecule has 0 aliphatic carbocycles. The quantitative estimate of drug-likeness (QED) is 0.846. The SMILES string of the molecule is CCOC(=O)CCNC(=O)N1CCCC1c1ccccc1Cl. The third kappa shape index (κ3) is 4.13. The molecule has 1 aromatic carbocycles. The van der Waals surface area contributed by atoms with E-state index in [4.69, 9.17) is 16.3 Å². The standard InChI is InChI=1S/C16H21ClN2O3/c1-2-22-15(20)9-10-18-16(21)19-11-5-8-14(19)12-6-3-4-7-13(12)17/h3-4,6-7,14H,2,5,8-11H2,1H3,(H,18,21). The van der Waals surface area contributed by atoms with Crippen molar-refractivity contribution >= 4 is 23.6 Å². The van der Waals surface area contributed by atoms with Crippen LogP contribution in [-0.4, -0.2) is 36.6 Å². The van der Waals surface area contributed by atoms with Crippen LogP contribution in [0.2, 0.25) is 5.02 Å². The monoisotopic (exact) mass is 324 g/mol. The van der Waals surface area contributed by atoms with E-state index >= 15 is 0 Å². The molecular weight excluding hydrogens is 304 g/mol. The van der Waals surface area contributed by atoms with Crippen molar-refractivity contribution in [3.8, 4) is 0 Å². The van der Waals surface area contributed by atoms with Crippen LogP contribution in [0.1, 0.15) is 37.8 Å². The van der Waals surface area contributed by atoms with Crippen LogP contribution in [0.3, 0.4) is 0 Å². The molecule has 0 aromatic heterocycles. The second kappa shape index (κ2) is 8.03. The van der Waals surface area contributed by atoms with Crippen molar-refractivity contribution in [2.24, 2.45) is 0 Å². The summed E-state index contributed by atoms with van der Waals surface area (Å²) in [5.74, 6) is -0.299. The fourth-order valence-corrected chi connectivity index (χ4v) is 2.95. The van der Waals surface area contributed by atoms with Gasteiger partial charge in [-0.1, -0.05) is 29.8 Å². The van der Waals surface area contributed by atoms with Gasteiger partial charge in [0.2, 0.25) is 0 Å². The molecule has 1 aromatic rings. The minimum atomic E-state index is -0.299. The first kappa shape index (κ1) is 16.6. The lowest BCUT2D eigenvalue weighted by atomic mass is 10.0. The summed E-state index contributed by atoms with van der Waals surface area (Å²) in [6.07, 6.45) is 2.03. The number of nitrogens with zero attached hydrogens (tertiary/aromatic N) is 1. The van der Waals surface area contributed by atoms with E-state index in [1.807, 2.05) is 24.3 Å². The molecule has 5 nitrogen and oxygen atoms in total. The molecule has 120 valence electrons. The summed E-state index contributed by atoms with van der Waals surface area (Å²) in [5.41, 5.74) is 0.974. The van der Waals surface area contributed by atoms with Crippen molar-refractivity contribution in [3.63, 3.8) is 0 Å². The zero-order chi connectivity index (χ0) is 15.9. The van der Waals surface area contributed by atoms with Gasteiger partial charge >= 0.3 is 12.0 Å². The molecule has 1 aliphatic heterocycles. The Hall–Kier alpha value is -1.75. The Balaban J connectivity index is 1.92. The van der Waals surface area contributed by atoms with Gasteiger partial charge in [0.1, 0.15) is 0 Å². The molecule has 0 saturated carbocycles. The van der Waals surface area contributed by atoms with Crippen LogP contribution < -0.4 is 5.32 Å². The highest BCUT2D eigenvalue weighted by Gasteiger charge is 2.30. The lowest BCUT2D eigenvalue weighted by molar-refractivity contribution is -0.142. The minimum absolute atomic E-state index is 0.00343. The van der Waals surface area contributed by atoms with Crippen LogP contribution in [0, 0.1) is 0 Å². The molecule has 1 aliphatic rings. The molecule has 6 heteroatoms. The van der Waals surface area contributed by atoms with Gasteiger partial charge in [0.25, 0.3) is 0 Å². The number of hydrogen-bond acceptors (Lipinski definition) is 3. The van der Waals surface area contributed by atoms with Gasteiger partial charge in [0.15, 0.2) is 0 Å². The van der Waals surface area contributed by atoms with E-state index in [-0.39, 0.29) is 31.0 Å². The summed E-state index contributed by atoms with van der Waals surface area (Å²) in [4.78, 5) is 25.4. The molecule has 0 bridgehead atoms. The highest BCUT2D eigenvalue weighted by Crippen LogP contribution is 2.35. The number of carbonyl (C=O) groups is 2. The van der Waals surface area contributed by atoms with E-state index in [0.29, 0.717) is 18.2 Å². The van der Waals surface area contributed by atoms with Crippen LogP contribution in [-0.2, 0) is 9.53 Å². The van der Waals surface area contributed by atoms with Gasteiger partial charge in [0.05, 0.1) is 19.1 Å². The molecule has 22 heavy (non-hydrogen) atoms.